The summed E-state index contributed by atoms with van der Waals surface area (Å²) in [6, 6.07) is 5.22. The third kappa shape index (κ3) is 3.66. The third-order valence-corrected chi connectivity index (χ3v) is 3.19. The van der Waals surface area contributed by atoms with Gasteiger partial charge in [-0.05, 0) is 12.8 Å². The molecule has 0 aliphatic rings. The van der Waals surface area contributed by atoms with E-state index < -0.39 is 5.97 Å². The lowest BCUT2D eigenvalue weighted by Gasteiger charge is -2.08. The average molecular weight is 310 g/mol. The highest BCUT2D eigenvalue weighted by Crippen LogP contribution is 2.22. The van der Waals surface area contributed by atoms with E-state index in [1.807, 2.05) is 0 Å². The largest absolute Gasteiger partial charge is 0.494 e. The summed E-state index contributed by atoms with van der Waals surface area (Å²) in [6.07, 6.45) is 2.03. The van der Waals surface area contributed by atoms with Gasteiger partial charge in [-0.2, -0.15) is 0 Å². The van der Waals surface area contributed by atoms with Crippen molar-refractivity contribution < 1.29 is 30.1 Å². The van der Waals surface area contributed by atoms with Crippen molar-refractivity contribution in [3.05, 3.63) is 24.3 Å². The van der Waals surface area contributed by atoms with E-state index in [9.17, 15) is 25.2 Å². The first kappa shape index (κ1) is 15.6. The van der Waals surface area contributed by atoms with Crippen LogP contribution in [0.1, 0.15) is 25.7 Å². The summed E-state index contributed by atoms with van der Waals surface area (Å²) in [5, 5.41) is 37.5. The van der Waals surface area contributed by atoms with Gasteiger partial charge in [-0.15, -0.1) is 4.73 Å². The highest BCUT2D eigenvalue weighted by atomic mass is 16.7. The van der Waals surface area contributed by atoms with Gasteiger partial charge in [-0.1, -0.05) is 6.42 Å². The van der Waals surface area contributed by atoms with Crippen LogP contribution in [-0.2, 0) is 11.3 Å². The quantitative estimate of drug-likeness (QED) is 0.573. The summed E-state index contributed by atoms with van der Waals surface area (Å²) >= 11 is 0. The van der Waals surface area contributed by atoms with E-state index in [2.05, 4.69) is 0 Å². The minimum atomic E-state index is -0.576. The average Bonchev–Trinajstić information content (AvgIpc) is 2.96. The molecular formula is C14H18N2O6. The van der Waals surface area contributed by atoms with Gasteiger partial charge in [-0.25, -0.2) is 4.79 Å². The number of carbonyl (C=O) groups is 1. The fraction of sp³-hybridized carbons (Fsp3) is 0.357. The molecule has 0 spiro atoms. The number of aromatic hydroxyl groups is 4. The topological polar surface area (TPSA) is 117 Å². The van der Waals surface area contributed by atoms with Gasteiger partial charge in [0, 0.05) is 37.2 Å². The molecule has 2 heterocycles. The summed E-state index contributed by atoms with van der Waals surface area (Å²) in [4.78, 5) is 16.4. The van der Waals surface area contributed by atoms with Crippen LogP contribution in [0.5, 0.6) is 23.5 Å². The molecule has 0 saturated carbocycles. The molecule has 0 radical (unpaired) electrons. The van der Waals surface area contributed by atoms with Gasteiger partial charge >= 0.3 is 5.97 Å². The number of carbonyl (C=O) groups excluding carboxylic acids is 1. The van der Waals surface area contributed by atoms with E-state index in [4.69, 9.17) is 4.84 Å². The van der Waals surface area contributed by atoms with Gasteiger partial charge in [-0.3, -0.25) is 4.57 Å². The predicted octanol–water partition coefficient (Wildman–Crippen LogP) is 1.33. The molecule has 0 unspecified atom stereocenters. The Balaban J connectivity index is 1.68. The van der Waals surface area contributed by atoms with Crippen molar-refractivity contribution >= 4 is 5.97 Å². The van der Waals surface area contributed by atoms with Crippen molar-refractivity contribution in [2.45, 2.75) is 32.2 Å². The van der Waals surface area contributed by atoms with E-state index in [1.165, 1.54) is 28.8 Å². The van der Waals surface area contributed by atoms with Gasteiger partial charge in [0.15, 0.2) is 11.8 Å². The lowest BCUT2D eigenvalue weighted by Crippen LogP contribution is -2.18. The van der Waals surface area contributed by atoms with E-state index in [-0.39, 0.29) is 29.9 Å². The Morgan fingerprint density at radius 3 is 2.00 bits per heavy atom. The summed E-state index contributed by atoms with van der Waals surface area (Å²) in [6.45, 7) is 0.443. The Kier molecular flexibility index (Phi) is 4.82. The molecule has 120 valence electrons. The molecule has 0 saturated heterocycles. The lowest BCUT2D eigenvalue weighted by molar-refractivity contribution is -0.145. The second-order valence-electron chi connectivity index (χ2n) is 4.82. The highest BCUT2D eigenvalue weighted by molar-refractivity contribution is 5.69. The molecular weight excluding hydrogens is 292 g/mol. The van der Waals surface area contributed by atoms with Crippen LogP contribution in [0.25, 0.3) is 0 Å². The number of nitrogens with zero attached hydrogens (tertiary/aromatic N) is 2. The van der Waals surface area contributed by atoms with E-state index in [0.29, 0.717) is 30.5 Å². The number of aromatic nitrogens is 2. The molecule has 0 aliphatic heterocycles. The van der Waals surface area contributed by atoms with Crippen molar-refractivity contribution in [3.8, 4) is 23.5 Å². The number of hydrogen-bond acceptors (Lipinski definition) is 6. The summed E-state index contributed by atoms with van der Waals surface area (Å²) < 4.78 is 2.02. The summed E-state index contributed by atoms with van der Waals surface area (Å²) in [5.41, 5.74) is 0. The zero-order valence-electron chi connectivity index (χ0n) is 11.8. The minimum Gasteiger partial charge on any atom is -0.494 e. The molecule has 2 rings (SSSR count). The molecule has 8 nitrogen and oxygen atoms in total. The van der Waals surface area contributed by atoms with Crippen LogP contribution in [0, 0.1) is 0 Å². The van der Waals surface area contributed by atoms with Gasteiger partial charge in [0.2, 0.25) is 11.8 Å². The first-order valence-electron chi connectivity index (χ1n) is 6.87. The van der Waals surface area contributed by atoms with Crippen LogP contribution in [0.4, 0.5) is 0 Å². The fourth-order valence-corrected chi connectivity index (χ4v) is 2.03. The van der Waals surface area contributed by atoms with E-state index in [1.54, 1.807) is 0 Å². The smallest absolute Gasteiger partial charge is 0.333 e. The Labute approximate surface area is 126 Å². The second kappa shape index (κ2) is 6.79. The molecule has 0 bridgehead atoms. The minimum absolute atomic E-state index is 0.00420. The molecule has 4 N–H and O–H groups in total. The standard InChI is InChI=1S/C14H18N2O6/c17-10-5-6-11(18)15(10)9-3-1-2-4-14(21)22-16-12(19)7-8-13(16)20/h5-8,17-20H,1-4,9H2. The monoisotopic (exact) mass is 310 g/mol. The molecule has 0 amide bonds. The molecule has 0 aromatic carbocycles. The molecule has 2 aromatic rings. The maximum absolute atomic E-state index is 11.6. The predicted molar refractivity (Wildman–Crippen MR) is 75.6 cm³/mol. The molecule has 22 heavy (non-hydrogen) atoms. The van der Waals surface area contributed by atoms with E-state index in [0.717, 1.165) is 0 Å². The highest BCUT2D eigenvalue weighted by Gasteiger charge is 2.12. The number of rotatable bonds is 7. The molecule has 0 aliphatic carbocycles. The van der Waals surface area contributed by atoms with Crippen molar-refractivity contribution in [3.63, 3.8) is 0 Å². The molecule has 0 atom stereocenters. The molecule has 8 heteroatoms. The Bertz CT molecular complexity index is 607. The lowest BCUT2D eigenvalue weighted by atomic mass is 10.2. The van der Waals surface area contributed by atoms with Crippen LogP contribution in [0.15, 0.2) is 24.3 Å². The van der Waals surface area contributed by atoms with Crippen LogP contribution in [0.3, 0.4) is 0 Å². The molecule has 0 fully saturated rings. The Hall–Kier alpha value is -2.77. The van der Waals surface area contributed by atoms with Crippen LogP contribution < -0.4 is 4.84 Å². The first-order valence-corrected chi connectivity index (χ1v) is 6.87. The zero-order valence-corrected chi connectivity index (χ0v) is 11.8. The number of hydrogen-bond donors (Lipinski definition) is 4. The van der Waals surface area contributed by atoms with Crippen molar-refractivity contribution in [1.82, 2.24) is 9.30 Å². The van der Waals surface area contributed by atoms with Crippen LogP contribution in [-0.4, -0.2) is 35.7 Å². The van der Waals surface area contributed by atoms with Crippen molar-refractivity contribution in [2.75, 3.05) is 0 Å². The van der Waals surface area contributed by atoms with Gasteiger partial charge < -0.3 is 25.3 Å². The fourth-order valence-electron chi connectivity index (χ4n) is 2.03. The van der Waals surface area contributed by atoms with Gasteiger partial charge in [0.1, 0.15) is 0 Å². The Morgan fingerprint density at radius 2 is 1.41 bits per heavy atom. The van der Waals surface area contributed by atoms with Crippen LogP contribution in [0.2, 0.25) is 0 Å². The second-order valence-corrected chi connectivity index (χ2v) is 4.82. The SMILES string of the molecule is O=C(CCCCCn1c(O)ccc1O)On1c(O)ccc1O. The van der Waals surface area contributed by atoms with Crippen LogP contribution >= 0.6 is 0 Å². The number of unbranched alkanes of at least 4 members (excludes halogenated alkanes) is 2. The summed E-state index contributed by atoms with van der Waals surface area (Å²) in [7, 11) is 0. The first-order chi connectivity index (χ1) is 10.5. The normalized spacial score (nSPS) is 10.7. The van der Waals surface area contributed by atoms with E-state index >= 15 is 0 Å². The zero-order chi connectivity index (χ0) is 16.1. The summed E-state index contributed by atoms with van der Waals surface area (Å²) in [5.74, 6) is -1.30. The van der Waals surface area contributed by atoms with Gasteiger partial charge in [0.25, 0.3) is 0 Å². The van der Waals surface area contributed by atoms with Gasteiger partial charge in [0.05, 0.1) is 0 Å². The van der Waals surface area contributed by atoms with Crippen molar-refractivity contribution in [1.29, 1.82) is 0 Å². The third-order valence-electron chi connectivity index (χ3n) is 3.19. The maximum Gasteiger partial charge on any atom is 0.333 e. The maximum atomic E-state index is 11.6. The Morgan fingerprint density at radius 1 is 0.864 bits per heavy atom. The van der Waals surface area contributed by atoms with Crippen molar-refractivity contribution in [2.24, 2.45) is 0 Å². The molecule has 2 aromatic heterocycles.